The van der Waals surface area contributed by atoms with Crippen LogP contribution < -0.4 is 0 Å². The third-order valence-corrected chi connectivity index (χ3v) is 13.9. The smallest absolute Gasteiger partial charge is 0.306 e. The highest BCUT2D eigenvalue weighted by Crippen LogP contribution is 2.17. The molecule has 0 rings (SSSR count). The van der Waals surface area contributed by atoms with Crippen LogP contribution in [-0.4, -0.2) is 37.2 Å². The molecule has 0 aromatic carbocycles. The zero-order valence-electron chi connectivity index (χ0n) is 49.6. The Morgan fingerprint density at radius 1 is 0.280 bits per heavy atom. The molecule has 1 unspecified atom stereocenters. The van der Waals surface area contributed by atoms with Gasteiger partial charge < -0.3 is 14.2 Å². The van der Waals surface area contributed by atoms with Crippen molar-refractivity contribution in [2.45, 2.75) is 322 Å². The Bertz CT molecular complexity index is 1430. The molecule has 0 aromatic heterocycles. The summed E-state index contributed by atoms with van der Waals surface area (Å²) in [4.78, 5) is 38.0. The molecule has 6 nitrogen and oxygen atoms in total. The summed E-state index contributed by atoms with van der Waals surface area (Å²) in [6.45, 7) is 6.38. The van der Waals surface area contributed by atoms with Crippen molar-refractivity contribution in [3.05, 3.63) is 85.1 Å². The highest BCUT2D eigenvalue weighted by atomic mass is 16.6. The van der Waals surface area contributed by atoms with E-state index in [0.29, 0.717) is 19.3 Å². The minimum absolute atomic E-state index is 0.0790. The summed E-state index contributed by atoms with van der Waals surface area (Å²) < 4.78 is 16.8. The Morgan fingerprint density at radius 2 is 0.520 bits per heavy atom. The zero-order chi connectivity index (χ0) is 54.3. The van der Waals surface area contributed by atoms with E-state index in [1.54, 1.807) is 0 Å². The molecule has 432 valence electrons. The van der Waals surface area contributed by atoms with Crippen LogP contribution in [0.3, 0.4) is 0 Å². The van der Waals surface area contributed by atoms with Gasteiger partial charge in [-0.2, -0.15) is 0 Å². The first-order valence-corrected chi connectivity index (χ1v) is 32.1. The van der Waals surface area contributed by atoms with Crippen LogP contribution in [0.2, 0.25) is 0 Å². The number of carbonyl (C=O) groups is 3. The van der Waals surface area contributed by atoms with Crippen LogP contribution in [0.5, 0.6) is 0 Å². The average molecular weight is 1050 g/mol. The van der Waals surface area contributed by atoms with Crippen LogP contribution in [0, 0.1) is 0 Å². The van der Waals surface area contributed by atoms with E-state index in [1.165, 1.54) is 154 Å². The lowest BCUT2D eigenvalue weighted by Crippen LogP contribution is -2.30. The standard InChI is InChI=1S/C69H120O6/c1-4-7-10-13-16-18-20-22-24-25-26-27-28-29-30-31-32-33-34-35-36-37-38-39-40-41-42-43-45-46-48-50-53-56-59-62-68(71)74-65-66(64-73-67(70)61-58-55-52-15-12-9-6-3)75-69(72)63-60-57-54-51-49-47-44-23-21-19-17-14-11-8-5-2/h7-8,10-11,16-19,22-24,26-27,44,66H,4-6,9,12-15,20-21,25,28-43,45-65H2,1-3H3/b10-7-,11-8-,18-16-,19-17-,24-22-,27-26-,44-23-. The number of esters is 3. The predicted octanol–water partition coefficient (Wildman–Crippen LogP) is 21.9. The van der Waals surface area contributed by atoms with Gasteiger partial charge in [0.15, 0.2) is 6.10 Å². The molecule has 0 heterocycles. The third-order valence-electron chi connectivity index (χ3n) is 13.9. The molecule has 0 radical (unpaired) electrons. The van der Waals surface area contributed by atoms with Gasteiger partial charge in [0.1, 0.15) is 13.2 Å². The van der Waals surface area contributed by atoms with Crippen LogP contribution in [-0.2, 0) is 28.6 Å². The molecule has 0 aromatic rings. The van der Waals surface area contributed by atoms with Gasteiger partial charge in [-0.25, -0.2) is 0 Å². The second kappa shape index (κ2) is 63.1. The molecule has 0 amide bonds. The van der Waals surface area contributed by atoms with Crippen molar-refractivity contribution in [1.29, 1.82) is 0 Å². The summed E-state index contributed by atoms with van der Waals surface area (Å²) in [5, 5.41) is 0. The fraction of sp³-hybridized carbons (Fsp3) is 0.754. The van der Waals surface area contributed by atoms with Gasteiger partial charge in [-0.1, -0.05) is 292 Å². The van der Waals surface area contributed by atoms with Crippen molar-refractivity contribution < 1.29 is 28.6 Å². The van der Waals surface area contributed by atoms with E-state index in [-0.39, 0.29) is 31.1 Å². The van der Waals surface area contributed by atoms with Gasteiger partial charge in [0, 0.05) is 19.3 Å². The van der Waals surface area contributed by atoms with Crippen molar-refractivity contribution in [1.82, 2.24) is 0 Å². The quantitative estimate of drug-likeness (QED) is 0.0261. The highest BCUT2D eigenvalue weighted by Gasteiger charge is 2.19. The minimum atomic E-state index is -0.780. The van der Waals surface area contributed by atoms with Crippen molar-refractivity contribution in [2.24, 2.45) is 0 Å². The first kappa shape index (κ1) is 71.6. The molecule has 0 bridgehead atoms. The summed E-state index contributed by atoms with van der Waals surface area (Å²) in [6.07, 6.45) is 83.6. The van der Waals surface area contributed by atoms with Crippen LogP contribution in [0.25, 0.3) is 0 Å². The summed E-state index contributed by atoms with van der Waals surface area (Å²) in [7, 11) is 0. The van der Waals surface area contributed by atoms with E-state index in [0.717, 1.165) is 122 Å². The topological polar surface area (TPSA) is 78.9 Å². The van der Waals surface area contributed by atoms with E-state index in [9.17, 15) is 14.4 Å². The van der Waals surface area contributed by atoms with Gasteiger partial charge in [0.25, 0.3) is 0 Å². The number of unbranched alkanes of at least 4 members (excludes halogenated alkanes) is 33. The number of hydrogen-bond acceptors (Lipinski definition) is 6. The summed E-state index contributed by atoms with van der Waals surface area (Å²) in [5.41, 5.74) is 0. The summed E-state index contributed by atoms with van der Waals surface area (Å²) in [6, 6.07) is 0. The SMILES string of the molecule is CC/C=C\C/C=C\C/C=C\C/C=C\CCCCCCCCCCCCCCCCCCCCCCCCC(=O)OCC(COC(=O)CCCCCCCCC)OC(=O)CCCCCCC/C=C\C/C=C\C/C=C\CC. The van der Waals surface area contributed by atoms with Crippen molar-refractivity contribution >= 4 is 17.9 Å². The van der Waals surface area contributed by atoms with Gasteiger partial charge in [0.05, 0.1) is 0 Å². The Morgan fingerprint density at radius 3 is 0.813 bits per heavy atom. The van der Waals surface area contributed by atoms with Crippen molar-refractivity contribution in [2.75, 3.05) is 13.2 Å². The third kappa shape index (κ3) is 61.3. The molecule has 0 aliphatic heterocycles. The van der Waals surface area contributed by atoms with Crippen molar-refractivity contribution in [3.8, 4) is 0 Å². The highest BCUT2D eigenvalue weighted by molar-refractivity contribution is 5.71. The zero-order valence-corrected chi connectivity index (χ0v) is 49.6. The number of allylic oxidation sites excluding steroid dienone is 14. The van der Waals surface area contributed by atoms with Crippen LogP contribution in [0.1, 0.15) is 316 Å². The molecular weight excluding hydrogens is 925 g/mol. The summed E-state index contributed by atoms with van der Waals surface area (Å²) >= 11 is 0. The lowest BCUT2D eigenvalue weighted by atomic mass is 10.0. The van der Waals surface area contributed by atoms with Crippen LogP contribution in [0.15, 0.2) is 85.1 Å². The minimum Gasteiger partial charge on any atom is -0.462 e. The maximum atomic E-state index is 12.8. The number of hydrogen-bond donors (Lipinski definition) is 0. The predicted molar refractivity (Wildman–Crippen MR) is 325 cm³/mol. The normalized spacial score (nSPS) is 12.6. The molecule has 6 heteroatoms. The Labute approximate surface area is 465 Å². The maximum absolute atomic E-state index is 12.8. The van der Waals surface area contributed by atoms with E-state index >= 15 is 0 Å². The molecule has 0 aliphatic rings. The van der Waals surface area contributed by atoms with Gasteiger partial charge >= 0.3 is 17.9 Å². The Kier molecular flexibility index (Phi) is 60.3. The number of ether oxygens (including phenoxy) is 3. The molecule has 0 fully saturated rings. The largest absolute Gasteiger partial charge is 0.462 e. The molecule has 0 saturated carbocycles. The first-order valence-electron chi connectivity index (χ1n) is 32.1. The first-order chi connectivity index (χ1) is 37.0. The Hall–Kier alpha value is -3.41. The average Bonchev–Trinajstić information content (AvgIpc) is 3.41. The molecule has 0 spiro atoms. The van der Waals surface area contributed by atoms with E-state index in [1.807, 2.05) is 0 Å². The Balaban J connectivity index is 3.95. The van der Waals surface area contributed by atoms with E-state index in [4.69, 9.17) is 14.2 Å². The molecular formula is C69H120O6. The number of carbonyl (C=O) groups excluding carboxylic acids is 3. The molecule has 75 heavy (non-hydrogen) atoms. The maximum Gasteiger partial charge on any atom is 0.306 e. The molecule has 1 atom stereocenters. The molecule has 0 aliphatic carbocycles. The molecule has 0 N–H and O–H groups in total. The van der Waals surface area contributed by atoms with Gasteiger partial charge in [-0.15, -0.1) is 0 Å². The molecule has 0 saturated heterocycles. The van der Waals surface area contributed by atoms with Gasteiger partial charge in [-0.05, 0) is 89.9 Å². The monoisotopic (exact) mass is 1040 g/mol. The fourth-order valence-corrected chi connectivity index (χ4v) is 9.16. The van der Waals surface area contributed by atoms with Crippen molar-refractivity contribution in [3.63, 3.8) is 0 Å². The number of rotatable bonds is 58. The van der Waals surface area contributed by atoms with Gasteiger partial charge in [-0.3, -0.25) is 14.4 Å². The van der Waals surface area contributed by atoms with E-state index in [2.05, 4.69) is 106 Å². The summed E-state index contributed by atoms with van der Waals surface area (Å²) in [5.74, 6) is -0.892. The second-order valence-electron chi connectivity index (χ2n) is 21.3. The second-order valence-corrected chi connectivity index (χ2v) is 21.3. The lowest BCUT2D eigenvalue weighted by molar-refractivity contribution is -0.167. The van der Waals surface area contributed by atoms with E-state index < -0.39 is 6.10 Å². The van der Waals surface area contributed by atoms with Gasteiger partial charge in [0.2, 0.25) is 0 Å². The van der Waals surface area contributed by atoms with Crippen LogP contribution in [0.4, 0.5) is 0 Å². The fourth-order valence-electron chi connectivity index (χ4n) is 9.16. The van der Waals surface area contributed by atoms with Crippen LogP contribution >= 0.6 is 0 Å². The lowest BCUT2D eigenvalue weighted by Gasteiger charge is -2.18.